The number of carbonyl (C=O) groups excluding carboxylic acids is 2. The molecule has 1 aliphatic heterocycles. The molecule has 1 heterocycles. The largest absolute Gasteiger partial charge is 0.329 e. The second kappa shape index (κ2) is 6.76. The first kappa shape index (κ1) is 16.9. The van der Waals surface area contributed by atoms with E-state index in [1.54, 1.807) is 28.9 Å². The van der Waals surface area contributed by atoms with Crippen LogP contribution in [-0.2, 0) is 9.59 Å². The number of anilines is 1. The van der Waals surface area contributed by atoms with E-state index in [0.717, 1.165) is 0 Å². The lowest BCUT2D eigenvalue weighted by Crippen LogP contribution is -2.57. The van der Waals surface area contributed by atoms with E-state index in [1.807, 2.05) is 13.8 Å². The molecule has 23 heavy (non-hydrogen) atoms. The highest BCUT2D eigenvalue weighted by molar-refractivity contribution is 6.00. The monoisotopic (exact) mass is 319 g/mol. The minimum Gasteiger partial charge on any atom is -0.329 e. The fourth-order valence-electron chi connectivity index (χ4n) is 2.69. The van der Waals surface area contributed by atoms with Crippen LogP contribution in [0.3, 0.4) is 0 Å². The SMILES string of the molecule is CC(C)CC(=O)N1CCN(c2ccc([N+](=O)[O-])cc2)C(=O)[C@H]1C. The van der Waals surface area contributed by atoms with E-state index in [2.05, 4.69) is 0 Å². The van der Waals surface area contributed by atoms with Gasteiger partial charge in [0.25, 0.3) is 5.69 Å². The molecule has 0 N–H and O–H groups in total. The molecule has 1 fully saturated rings. The summed E-state index contributed by atoms with van der Waals surface area (Å²) < 4.78 is 0. The highest BCUT2D eigenvalue weighted by Gasteiger charge is 2.34. The van der Waals surface area contributed by atoms with E-state index in [0.29, 0.717) is 25.2 Å². The van der Waals surface area contributed by atoms with Crippen molar-refractivity contribution in [1.82, 2.24) is 4.90 Å². The van der Waals surface area contributed by atoms with E-state index in [1.165, 1.54) is 12.1 Å². The summed E-state index contributed by atoms with van der Waals surface area (Å²) >= 11 is 0. The van der Waals surface area contributed by atoms with Crippen molar-refractivity contribution >= 4 is 23.2 Å². The number of nitrogens with zero attached hydrogens (tertiary/aromatic N) is 3. The van der Waals surface area contributed by atoms with Crippen LogP contribution in [0.25, 0.3) is 0 Å². The van der Waals surface area contributed by atoms with Gasteiger partial charge in [0.2, 0.25) is 11.8 Å². The van der Waals surface area contributed by atoms with Crippen molar-refractivity contribution in [3.8, 4) is 0 Å². The lowest BCUT2D eigenvalue weighted by Gasteiger charge is -2.39. The summed E-state index contributed by atoms with van der Waals surface area (Å²) in [5, 5.41) is 10.7. The van der Waals surface area contributed by atoms with Crippen molar-refractivity contribution in [2.24, 2.45) is 5.92 Å². The molecule has 2 amide bonds. The second-order valence-electron chi connectivity index (χ2n) is 6.12. The topological polar surface area (TPSA) is 83.8 Å². The summed E-state index contributed by atoms with van der Waals surface area (Å²) in [6.07, 6.45) is 0.426. The van der Waals surface area contributed by atoms with Crippen molar-refractivity contribution in [1.29, 1.82) is 0 Å². The normalized spacial score (nSPS) is 18.4. The van der Waals surface area contributed by atoms with Crippen molar-refractivity contribution in [3.05, 3.63) is 34.4 Å². The average molecular weight is 319 g/mol. The summed E-state index contributed by atoms with van der Waals surface area (Å²) in [5.74, 6) is 0.0731. The van der Waals surface area contributed by atoms with Crippen LogP contribution in [0.5, 0.6) is 0 Å². The van der Waals surface area contributed by atoms with Crippen molar-refractivity contribution < 1.29 is 14.5 Å². The lowest BCUT2D eigenvalue weighted by atomic mass is 10.1. The van der Waals surface area contributed by atoms with Gasteiger partial charge in [0, 0.05) is 37.3 Å². The van der Waals surface area contributed by atoms with Crippen molar-refractivity contribution in [2.75, 3.05) is 18.0 Å². The Bertz CT molecular complexity index is 612. The van der Waals surface area contributed by atoms with Gasteiger partial charge in [-0.1, -0.05) is 13.8 Å². The Balaban J connectivity index is 2.12. The molecule has 0 saturated carbocycles. The molecule has 0 bridgehead atoms. The molecule has 0 aliphatic carbocycles. The summed E-state index contributed by atoms with van der Waals surface area (Å²) in [6, 6.07) is 5.36. The first-order valence-corrected chi connectivity index (χ1v) is 7.66. The molecule has 0 unspecified atom stereocenters. The molecule has 0 spiro atoms. The van der Waals surface area contributed by atoms with Crippen LogP contribution < -0.4 is 4.90 Å². The van der Waals surface area contributed by atoms with E-state index >= 15 is 0 Å². The van der Waals surface area contributed by atoms with Gasteiger partial charge in [-0.2, -0.15) is 0 Å². The first-order chi connectivity index (χ1) is 10.8. The van der Waals surface area contributed by atoms with E-state index < -0.39 is 11.0 Å². The van der Waals surface area contributed by atoms with Crippen molar-refractivity contribution in [3.63, 3.8) is 0 Å². The predicted octanol–water partition coefficient (Wildman–Crippen LogP) is 2.20. The summed E-state index contributed by atoms with van der Waals surface area (Å²) in [6.45, 7) is 6.52. The molecular weight excluding hydrogens is 298 g/mol. The van der Waals surface area contributed by atoms with Crippen molar-refractivity contribution in [2.45, 2.75) is 33.2 Å². The zero-order chi connectivity index (χ0) is 17.1. The van der Waals surface area contributed by atoms with Gasteiger partial charge in [-0.3, -0.25) is 19.7 Å². The molecular formula is C16H21N3O4. The van der Waals surface area contributed by atoms with Gasteiger partial charge < -0.3 is 9.80 Å². The van der Waals surface area contributed by atoms with Gasteiger partial charge in [-0.05, 0) is 25.0 Å². The predicted molar refractivity (Wildman–Crippen MR) is 86.1 cm³/mol. The maximum absolute atomic E-state index is 12.5. The Morgan fingerprint density at radius 1 is 1.30 bits per heavy atom. The Morgan fingerprint density at radius 3 is 2.43 bits per heavy atom. The third kappa shape index (κ3) is 3.67. The van der Waals surface area contributed by atoms with Crippen LogP contribution in [0.15, 0.2) is 24.3 Å². The number of benzene rings is 1. The standard InChI is InChI=1S/C16H21N3O4/c1-11(2)10-15(20)17-8-9-18(16(21)12(17)3)13-4-6-14(7-5-13)19(22)23/h4-7,11-12H,8-10H2,1-3H3/t12-/m1/s1. The van der Waals surface area contributed by atoms with Crippen LogP contribution in [0.2, 0.25) is 0 Å². The lowest BCUT2D eigenvalue weighted by molar-refractivity contribution is -0.384. The Kier molecular flexibility index (Phi) is 4.98. The van der Waals surface area contributed by atoms with Gasteiger partial charge in [-0.15, -0.1) is 0 Å². The Hall–Kier alpha value is -2.44. The highest BCUT2D eigenvalue weighted by atomic mass is 16.6. The third-order valence-corrected chi connectivity index (χ3v) is 3.93. The third-order valence-electron chi connectivity index (χ3n) is 3.93. The molecule has 1 atom stereocenters. The van der Waals surface area contributed by atoms with Crippen LogP contribution in [0.1, 0.15) is 27.2 Å². The smallest absolute Gasteiger partial charge is 0.269 e. The second-order valence-corrected chi connectivity index (χ2v) is 6.12. The molecule has 1 aromatic carbocycles. The quantitative estimate of drug-likeness (QED) is 0.629. The number of piperazine rings is 1. The number of non-ortho nitro benzene ring substituents is 1. The molecule has 7 nitrogen and oxygen atoms in total. The molecule has 124 valence electrons. The number of hydrogen-bond donors (Lipinski definition) is 0. The molecule has 7 heteroatoms. The van der Waals surface area contributed by atoms with Crippen LogP contribution in [0.4, 0.5) is 11.4 Å². The van der Waals surface area contributed by atoms with Crippen LogP contribution in [-0.4, -0.2) is 40.8 Å². The Labute approximate surface area is 135 Å². The number of rotatable bonds is 4. The summed E-state index contributed by atoms with van der Waals surface area (Å²) in [5.41, 5.74) is 0.600. The summed E-state index contributed by atoms with van der Waals surface area (Å²) in [7, 11) is 0. The Morgan fingerprint density at radius 2 is 1.91 bits per heavy atom. The van der Waals surface area contributed by atoms with E-state index in [4.69, 9.17) is 0 Å². The highest BCUT2D eigenvalue weighted by Crippen LogP contribution is 2.23. The zero-order valence-corrected chi connectivity index (χ0v) is 13.6. The maximum atomic E-state index is 12.5. The van der Waals surface area contributed by atoms with E-state index in [9.17, 15) is 19.7 Å². The minimum atomic E-state index is -0.523. The maximum Gasteiger partial charge on any atom is 0.269 e. The van der Waals surface area contributed by atoms with Crippen LogP contribution in [0, 0.1) is 16.0 Å². The van der Waals surface area contributed by atoms with Gasteiger partial charge in [0.05, 0.1) is 4.92 Å². The van der Waals surface area contributed by atoms with Gasteiger partial charge in [-0.25, -0.2) is 0 Å². The van der Waals surface area contributed by atoms with Gasteiger partial charge >= 0.3 is 0 Å². The number of carbonyl (C=O) groups is 2. The first-order valence-electron chi connectivity index (χ1n) is 7.66. The van der Waals surface area contributed by atoms with Gasteiger partial charge in [0.1, 0.15) is 6.04 Å². The number of nitro benzene ring substituents is 1. The number of hydrogen-bond acceptors (Lipinski definition) is 4. The summed E-state index contributed by atoms with van der Waals surface area (Å²) in [4.78, 5) is 38.2. The molecule has 2 rings (SSSR count). The fourth-order valence-corrected chi connectivity index (χ4v) is 2.69. The molecule has 0 radical (unpaired) electrons. The van der Waals surface area contributed by atoms with Gasteiger partial charge in [0.15, 0.2) is 0 Å². The number of amides is 2. The fraction of sp³-hybridized carbons (Fsp3) is 0.500. The minimum absolute atomic E-state index is 0.0100. The molecule has 1 aliphatic rings. The molecule has 1 saturated heterocycles. The average Bonchev–Trinajstić information content (AvgIpc) is 2.49. The number of nitro groups is 1. The zero-order valence-electron chi connectivity index (χ0n) is 13.6. The van der Waals surface area contributed by atoms with E-state index in [-0.39, 0.29) is 23.4 Å². The molecule has 0 aromatic heterocycles. The molecule has 1 aromatic rings. The van der Waals surface area contributed by atoms with Crippen LogP contribution >= 0.6 is 0 Å².